The molecule has 310 valence electrons. The van der Waals surface area contributed by atoms with Gasteiger partial charge in [0.2, 0.25) is 0 Å². The van der Waals surface area contributed by atoms with Gasteiger partial charge in [0, 0.05) is 11.8 Å². The van der Waals surface area contributed by atoms with Crippen molar-refractivity contribution in [2.45, 2.75) is 117 Å². The third-order valence-electron chi connectivity index (χ3n) is 14.2. The lowest BCUT2D eigenvalue weighted by atomic mass is 9.75. The van der Waals surface area contributed by atoms with Gasteiger partial charge in [0.15, 0.2) is 0 Å². The molecule has 0 bridgehead atoms. The van der Waals surface area contributed by atoms with Crippen LogP contribution in [0.15, 0.2) is 146 Å². The summed E-state index contributed by atoms with van der Waals surface area (Å²) < 4.78 is 0. The van der Waals surface area contributed by atoms with Crippen molar-refractivity contribution in [1.82, 2.24) is 0 Å². The summed E-state index contributed by atoms with van der Waals surface area (Å²) in [7, 11) is 0. The van der Waals surface area contributed by atoms with Crippen LogP contribution in [-0.4, -0.2) is 0 Å². The van der Waals surface area contributed by atoms with Crippen molar-refractivity contribution in [3.8, 4) is 44.5 Å². The first-order chi connectivity index (χ1) is 29.3. The highest BCUT2D eigenvalue weighted by molar-refractivity contribution is 6.28. The first-order valence-corrected chi connectivity index (χ1v) is 22.9. The van der Waals surface area contributed by atoms with Gasteiger partial charge in [-0.05, 0) is 132 Å². The fourth-order valence-corrected chi connectivity index (χ4v) is 10.8. The molecule has 10 rings (SSSR count). The largest absolute Gasteiger partial charge is 0.0622 e. The molecule has 0 nitrogen and oxygen atoms in total. The summed E-state index contributed by atoms with van der Waals surface area (Å²) in [4.78, 5) is 0. The fraction of sp³-hybridized carbons (Fsp3) is 0.290. The van der Waals surface area contributed by atoms with E-state index in [0.717, 1.165) is 0 Å². The third-order valence-corrected chi connectivity index (χ3v) is 14.2. The molecule has 2 atom stereocenters. The highest BCUT2D eigenvalue weighted by atomic mass is 14.4. The Labute approximate surface area is 371 Å². The lowest BCUT2D eigenvalue weighted by molar-refractivity contribution is 0.568. The quantitative estimate of drug-likeness (QED) is 0.166. The van der Waals surface area contributed by atoms with E-state index in [-0.39, 0.29) is 33.5 Å². The lowest BCUT2D eigenvalue weighted by Gasteiger charge is -2.29. The molecule has 0 saturated carbocycles. The Morgan fingerprint density at radius 1 is 0.306 bits per heavy atom. The zero-order valence-electron chi connectivity index (χ0n) is 39.0. The van der Waals surface area contributed by atoms with E-state index in [9.17, 15) is 0 Å². The molecule has 0 aliphatic heterocycles. The molecular weight excluding hydrogens is 745 g/mol. The number of benzene rings is 8. The van der Waals surface area contributed by atoms with E-state index in [1.54, 1.807) is 0 Å². The summed E-state index contributed by atoms with van der Waals surface area (Å²) in [6, 6.07) is 56.9. The van der Waals surface area contributed by atoms with E-state index < -0.39 is 0 Å². The van der Waals surface area contributed by atoms with Gasteiger partial charge in [0.05, 0.1) is 0 Å². The first-order valence-electron chi connectivity index (χ1n) is 22.9. The van der Waals surface area contributed by atoms with Crippen LogP contribution < -0.4 is 0 Å². The minimum Gasteiger partial charge on any atom is -0.0622 e. The molecule has 0 N–H and O–H groups in total. The van der Waals surface area contributed by atoms with Gasteiger partial charge < -0.3 is 0 Å². The maximum Gasteiger partial charge on any atom is 0.0205 e. The van der Waals surface area contributed by atoms with Crippen LogP contribution in [0, 0.1) is 0 Å². The standard InChI is InChI=1S/C62H62/c1-59(2,3)41-31-39(32-42(35-41)60(4,5)6)53-45-25-19-20-26-46(45)54(40-33-43(61(7,8)9)36-44(34-40)62(10,11)12)58-50-30-28-48-52(38-23-17-14-18-24-38)51(37-21-15-13-16-22-37)47-27-29-49(57(53)58)56(50)55(47)48/h13-36,51-52H,1-12H3. The third kappa shape index (κ3) is 6.39. The predicted octanol–water partition coefficient (Wildman–Crippen LogP) is 17.4. The van der Waals surface area contributed by atoms with Crippen LogP contribution in [0.4, 0.5) is 0 Å². The molecular formula is C62H62. The Hall–Kier alpha value is -5.72. The normalized spacial score (nSPS) is 16.1. The van der Waals surface area contributed by atoms with Crippen molar-refractivity contribution in [3.63, 3.8) is 0 Å². The molecule has 2 aliphatic carbocycles. The SMILES string of the molecule is CC(C)(C)c1cc(-c2c3c(c(-c4cc(C(C)(C)C)cc(C(C)(C)C)c4)c4ccccc24)-c2ccc4c5c(ccc-3c25)C(c2ccccc2)C4c2ccccc2)cc(C(C)(C)C)c1. The van der Waals surface area contributed by atoms with Crippen molar-refractivity contribution in [2.24, 2.45) is 0 Å². The van der Waals surface area contributed by atoms with Crippen molar-refractivity contribution in [1.29, 1.82) is 0 Å². The van der Waals surface area contributed by atoms with Crippen LogP contribution in [-0.2, 0) is 21.7 Å². The molecule has 0 spiro atoms. The van der Waals surface area contributed by atoms with E-state index in [2.05, 4.69) is 229 Å². The Morgan fingerprint density at radius 3 is 0.952 bits per heavy atom. The molecule has 0 heteroatoms. The summed E-state index contributed by atoms with van der Waals surface area (Å²) in [6.45, 7) is 28.3. The smallest absolute Gasteiger partial charge is 0.0205 e. The molecule has 2 aliphatic rings. The van der Waals surface area contributed by atoms with E-state index >= 15 is 0 Å². The van der Waals surface area contributed by atoms with Crippen LogP contribution in [0.1, 0.15) is 139 Å². The molecule has 0 aromatic heterocycles. The minimum absolute atomic E-state index is 0.0177. The maximum absolute atomic E-state index is 2.52. The van der Waals surface area contributed by atoms with Gasteiger partial charge in [-0.25, -0.2) is 0 Å². The van der Waals surface area contributed by atoms with Crippen LogP contribution in [0.3, 0.4) is 0 Å². The van der Waals surface area contributed by atoms with Gasteiger partial charge in [-0.3, -0.25) is 0 Å². The van der Waals surface area contributed by atoms with E-state index in [1.165, 1.54) is 111 Å². The van der Waals surface area contributed by atoms with E-state index in [0.29, 0.717) is 0 Å². The molecule has 0 amide bonds. The second-order valence-corrected chi connectivity index (χ2v) is 22.6. The zero-order chi connectivity index (χ0) is 43.7. The molecule has 8 aromatic rings. The van der Waals surface area contributed by atoms with Crippen LogP contribution in [0.5, 0.6) is 0 Å². The lowest BCUT2D eigenvalue weighted by Crippen LogP contribution is -2.17. The van der Waals surface area contributed by atoms with Gasteiger partial charge in [-0.15, -0.1) is 0 Å². The second-order valence-electron chi connectivity index (χ2n) is 22.6. The van der Waals surface area contributed by atoms with Gasteiger partial charge in [0.25, 0.3) is 0 Å². The Morgan fingerprint density at radius 2 is 0.629 bits per heavy atom. The average molecular weight is 807 g/mol. The molecule has 0 radical (unpaired) electrons. The zero-order valence-corrected chi connectivity index (χ0v) is 39.0. The Kier molecular flexibility index (Phi) is 9.04. The van der Waals surface area contributed by atoms with Crippen LogP contribution >= 0.6 is 0 Å². The maximum atomic E-state index is 2.52. The van der Waals surface area contributed by atoms with E-state index in [1.807, 2.05) is 0 Å². The Bertz CT molecular complexity index is 2800. The van der Waals surface area contributed by atoms with E-state index in [4.69, 9.17) is 0 Å². The summed E-state index contributed by atoms with van der Waals surface area (Å²) >= 11 is 0. The topological polar surface area (TPSA) is 0 Å². The van der Waals surface area contributed by atoms with Gasteiger partial charge in [-0.1, -0.05) is 229 Å². The van der Waals surface area contributed by atoms with Gasteiger partial charge >= 0.3 is 0 Å². The number of fused-ring (bicyclic) bond motifs is 4. The Balaban J connectivity index is 1.39. The minimum atomic E-state index is -0.0177. The van der Waals surface area contributed by atoms with Gasteiger partial charge in [0.1, 0.15) is 0 Å². The number of hydrogen-bond donors (Lipinski definition) is 0. The van der Waals surface area contributed by atoms with Crippen molar-refractivity contribution < 1.29 is 0 Å². The predicted molar refractivity (Wildman–Crippen MR) is 268 cm³/mol. The van der Waals surface area contributed by atoms with Crippen molar-refractivity contribution in [3.05, 3.63) is 190 Å². The molecule has 0 heterocycles. The molecule has 62 heavy (non-hydrogen) atoms. The average Bonchev–Trinajstić information content (AvgIpc) is 3.74. The highest BCUT2D eigenvalue weighted by Crippen LogP contribution is 2.63. The summed E-state index contributed by atoms with van der Waals surface area (Å²) in [5, 5.41) is 5.49. The van der Waals surface area contributed by atoms with Crippen molar-refractivity contribution >= 4 is 21.5 Å². The van der Waals surface area contributed by atoms with Crippen molar-refractivity contribution in [2.75, 3.05) is 0 Å². The van der Waals surface area contributed by atoms with Crippen LogP contribution in [0.25, 0.3) is 66.1 Å². The summed E-state index contributed by atoms with van der Waals surface area (Å²) in [6.07, 6.45) is 0. The highest BCUT2D eigenvalue weighted by Gasteiger charge is 2.41. The number of rotatable bonds is 4. The summed E-state index contributed by atoms with van der Waals surface area (Å²) in [5.41, 5.74) is 21.9. The van der Waals surface area contributed by atoms with Gasteiger partial charge in [-0.2, -0.15) is 0 Å². The molecule has 0 fully saturated rings. The monoisotopic (exact) mass is 806 g/mol. The summed E-state index contributed by atoms with van der Waals surface area (Å²) in [5.74, 6) is 0.436. The first kappa shape index (κ1) is 40.4. The molecule has 8 aromatic carbocycles. The molecule has 2 unspecified atom stereocenters. The molecule has 0 saturated heterocycles. The number of hydrogen-bond acceptors (Lipinski definition) is 0. The fourth-order valence-electron chi connectivity index (χ4n) is 10.8. The second kappa shape index (κ2) is 13.9. The van der Waals surface area contributed by atoms with Crippen LogP contribution in [0.2, 0.25) is 0 Å².